The molecule has 1 aliphatic heterocycles. The van der Waals surface area contributed by atoms with Crippen LogP contribution in [0.15, 0.2) is 24.3 Å². The van der Waals surface area contributed by atoms with Crippen LogP contribution in [0.1, 0.15) is 30.5 Å². The van der Waals surface area contributed by atoms with Gasteiger partial charge in [-0.3, -0.25) is 0 Å². The number of aromatic nitrogens is 1. The highest BCUT2D eigenvalue weighted by molar-refractivity contribution is 5.87. The Morgan fingerprint density at radius 2 is 2.00 bits per heavy atom. The molecule has 0 saturated heterocycles. The molecule has 0 amide bonds. The molecule has 1 saturated carbocycles. The molecule has 1 aromatic carbocycles. The Morgan fingerprint density at radius 3 is 2.81 bits per heavy atom. The van der Waals surface area contributed by atoms with E-state index in [1.165, 1.54) is 41.5 Å². The van der Waals surface area contributed by atoms with Crippen LogP contribution in [0.5, 0.6) is 0 Å². The van der Waals surface area contributed by atoms with Crippen molar-refractivity contribution in [1.82, 2.24) is 4.57 Å². The third kappa shape index (κ3) is 0.957. The van der Waals surface area contributed by atoms with Gasteiger partial charge < -0.3 is 10.3 Å². The second kappa shape index (κ2) is 2.69. The van der Waals surface area contributed by atoms with E-state index in [4.69, 9.17) is 5.73 Å². The molecular formula is C14H16N2. The maximum absolute atomic E-state index is 6.44. The van der Waals surface area contributed by atoms with Crippen LogP contribution in [0.2, 0.25) is 0 Å². The SMILES string of the molecule is NC1(c2c3n(c4ccccc24)CCC3)CC1. The molecule has 0 bridgehead atoms. The number of fused-ring (bicyclic) bond motifs is 3. The molecule has 0 atom stereocenters. The van der Waals surface area contributed by atoms with Crippen molar-refractivity contribution in [3.63, 3.8) is 0 Å². The van der Waals surface area contributed by atoms with Gasteiger partial charge >= 0.3 is 0 Å². The van der Waals surface area contributed by atoms with Crippen molar-refractivity contribution in [1.29, 1.82) is 0 Å². The minimum Gasteiger partial charge on any atom is -0.344 e. The Morgan fingerprint density at radius 1 is 1.19 bits per heavy atom. The van der Waals surface area contributed by atoms with Gasteiger partial charge in [-0.25, -0.2) is 0 Å². The van der Waals surface area contributed by atoms with Gasteiger partial charge in [-0.1, -0.05) is 18.2 Å². The number of rotatable bonds is 1. The van der Waals surface area contributed by atoms with E-state index in [1.807, 2.05) is 0 Å². The molecule has 1 aromatic heterocycles. The molecule has 2 heterocycles. The van der Waals surface area contributed by atoms with Crippen molar-refractivity contribution in [2.75, 3.05) is 0 Å². The molecule has 1 aliphatic carbocycles. The Labute approximate surface area is 95.1 Å². The number of benzene rings is 1. The second-order valence-corrected chi connectivity index (χ2v) is 5.25. The van der Waals surface area contributed by atoms with Crippen molar-refractivity contribution in [3.8, 4) is 0 Å². The molecule has 2 aliphatic rings. The number of nitrogens with two attached hydrogens (primary N) is 1. The number of hydrogen-bond donors (Lipinski definition) is 1. The molecule has 2 nitrogen and oxygen atoms in total. The summed E-state index contributed by atoms with van der Waals surface area (Å²) in [6, 6.07) is 8.74. The van der Waals surface area contributed by atoms with Gasteiger partial charge in [-0.05, 0) is 31.7 Å². The lowest BCUT2D eigenvalue weighted by Crippen LogP contribution is -2.20. The summed E-state index contributed by atoms with van der Waals surface area (Å²) in [5, 5.41) is 1.40. The van der Waals surface area contributed by atoms with Gasteiger partial charge in [0.05, 0.1) is 0 Å². The van der Waals surface area contributed by atoms with Crippen molar-refractivity contribution in [2.24, 2.45) is 5.73 Å². The van der Waals surface area contributed by atoms with Crippen molar-refractivity contribution >= 4 is 10.9 Å². The van der Waals surface area contributed by atoms with Crippen LogP contribution in [0.3, 0.4) is 0 Å². The number of nitrogens with zero attached hydrogens (tertiary/aromatic N) is 1. The summed E-state index contributed by atoms with van der Waals surface area (Å²) in [6.07, 6.45) is 4.81. The summed E-state index contributed by atoms with van der Waals surface area (Å²) in [5.74, 6) is 0. The average Bonchev–Trinajstić information content (AvgIpc) is 2.78. The highest BCUT2D eigenvalue weighted by Gasteiger charge is 2.44. The third-order valence-electron chi connectivity index (χ3n) is 4.16. The molecule has 2 heteroatoms. The Kier molecular flexibility index (Phi) is 1.48. The van der Waals surface area contributed by atoms with E-state index >= 15 is 0 Å². The lowest BCUT2D eigenvalue weighted by atomic mass is 10.00. The molecule has 0 spiro atoms. The first-order valence-corrected chi connectivity index (χ1v) is 6.19. The lowest BCUT2D eigenvalue weighted by molar-refractivity contribution is 0.730. The van der Waals surface area contributed by atoms with Crippen LogP contribution in [0, 0.1) is 0 Å². The molecular weight excluding hydrogens is 196 g/mol. The molecule has 82 valence electrons. The smallest absolute Gasteiger partial charge is 0.0486 e. The van der Waals surface area contributed by atoms with Crippen molar-refractivity contribution in [2.45, 2.75) is 37.8 Å². The normalized spacial score (nSPS) is 21.3. The summed E-state index contributed by atoms with van der Waals surface area (Å²) in [4.78, 5) is 0. The van der Waals surface area contributed by atoms with Crippen LogP contribution in [-0.2, 0) is 18.5 Å². The number of hydrogen-bond acceptors (Lipinski definition) is 1. The zero-order valence-corrected chi connectivity index (χ0v) is 9.37. The van der Waals surface area contributed by atoms with Gasteiger partial charge in [0.25, 0.3) is 0 Å². The van der Waals surface area contributed by atoms with E-state index in [1.54, 1.807) is 0 Å². The number of para-hydroxylation sites is 1. The fraction of sp³-hybridized carbons (Fsp3) is 0.429. The fourth-order valence-electron chi connectivity index (χ4n) is 3.22. The maximum atomic E-state index is 6.44. The van der Waals surface area contributed by atoms with E-state index in [9.17, 15) is 0 Å². The summed E-state index contributed by atoms with van der Waals surface area (Å²) >= 11 is 0. The molecule has 1 fully saturated rings. The van der Waals surface area contributed by atoms with Gasteiger partial charge in [0.1, 0.15) is 0 Å². The monoisotopic (exact) mass is 212 g/mol. The first-order chi connectivity index (χ1) is 7.80. The standard InChI is InChI=1S/C14H16N2/c15-14(7-8-14)13-10-4-1-2-5-11(10)16-9-3-6-12(13)16/h1-2,4-5H,3,6-9,15H2. The Bertz CT molecular complexity index is 576. The van der Waals surface area contributed by atoms with Crippen LogP contribution in [0.4, 0.5) is 0 Å². The molecule has 0 radical (unpaired) electrons. The van der Waals surface area contributed by atoms with Gasteiger partial charge in [-0.15, -0.1) is 0 Å². The molecule has 2 aromatic rings. The Hall–Kier alpha value is -1.28. The molecule has 16 heavy (non-hydrogen) atoms. The quantitative estimate of drug-likeness (QED) is 0.773. The maximum Gasteiger partial charge on any atom is 0.0486 e. The largest absolute Gasteiger partial charge is 0.344 e. The predicted molar refractivity (Wildman–Crippen MR) is 65.4 cm³/mol. The molecule has 4 rings (SSSR count). The summed E-state index contributed by atoms with van der Waals surface area (Å²) in [7, 11) is 0. The van der Waals surface area contributed by atoms with Gasteiger partial charge in [-0.2, -0.15) is 0 Å². The summed E-state index contributed by atoms with van der Waals surface area (Å²) in [6.45, 7) is 1.17. The van der Waals surface area contributed by atoms with E-state index < -0.39 is 0 Å². The van der Waals surface area contributed by atoms with E-state index in [0.717, 1.165) is 12.8 Å². The van der Waals surface area contributed by atoms with Gasteiger partial charge in [0.2, 0.25) is 0 Å². The van der Waals surface area contributed by atoms with Gasteiger partial charge in [0, 0.05) is 34.2 Å². The molecule has 2 N–H and O–H groups in total. The predicted octanol–water partition coefficient (Wildman–Crippen LogP) is 2.54. The average molecular weight is 212 g/mol. The van der Waals surface area contributed by atoms with E-state index in [-0.39, 0.29) is 5.54 Å². The highest BCUT2D eigenvalue weighted by atomic mass is 15.0. The second-order valence-electron chi connectivity index (χ2n) is 5.25. The third-order valence-corrected chi connectivity index (χ3v) is 4.16. The minimum absolute atomic E-state index is 0.00449. The first kappa shape index (κ1) is 8.82. The zero-order chi connectivity index (χ0) is 10.8. The molecule has 0 unspecified atom stereocenters. The van der Waals surface area contributed by atoms with Crippen LogP contribution < -0.4 is 5.73 Å². The lowest BCUT2D eigenvalue weighted by Gasteiger charge is -2.09. The topological polar surface area (TPSA) is 30.9 Å². The van der Waals surface area contributed by atoms with Crippen LogP contribution >= 0.6 is 0 Å². The fourth-order valence-corrected chi connectivity index (χ4v) is 3.22. The summed E-state index contributed by atoms with van der Waals surface area (Å²) in [5.41, 5.74) is 10.8. The number of aryl methyl sites for hydroxylation is 1. The van der Waals surface area contributed by atoms with E-state index in [2.05, 4.69) is 28.8 Å². The zero-order valence-electron chi connectivity index (χ0n) is 9.37. The van der Waals surface area contributed by atoms with Crippen LogP contribution in [-0.4, -0.2) is 4.57 Å². The van der Waals surface area contributed by atoms with Crippen molar-refractivity contribution in [3.05, 3.63) is 35.5 Å². The van der Waals surface area contributed by atoms with Crippen molar-refractivity contribution < 1.29 is 0 Å². The first-order valence-electron chi connectivity index (χ1n) is 6.19. The van der Waals surface area contributed by atoms with E-state index in [0.29, 0.717) is 0 Å². The van der Waals surface area contributed by atoms with Crippen LogP contribution in [0.25, 0.3) is 10.9 Å². The summed E-state index contributed by atoms with van der Waals surface area (Å²) < 4.78 is 2.48. The van der Waals surface area contributed by atoms with Gasteiger partial charge in [0.15, 0.2) is 0 Å². The Balaban J connectivity index is 2.13. The minimum atomic E-state index is 0.00449. The highest BCUT2D eigenvalue weighted by Crippen LogP contribution is 2.49.